The molecule has 0 spiro atoms. The van der Waals surface area contributed by atoms with E-state index >= 15 is 0 Å². The lowest BCUT2D eigenvalue weighted by molar-refractivity contribution is 0.606. The van der Waals surface area contributed by atoms with E-state index in [0.717, 1.165) is 42.5 Å². The molecule has 112 valence electrons. The first-order valence-corrected chi connectivity index (χ1v) is 7.61. The van der Waals surface area contributed by atoms with Crippen LogP contribution in [0.5, 0.6) is 0 Å². The lowest BCUT2D eigenvalue weighted by Crippen LogP contribution is -2.09. The zero-order chi connectivity index (χ0) is 15.1. The summed E-state index contributed by atoms with van der Waals surface area (Å²) in [5.74, 6) is 3.17. The lowest BCUT2D eigenvalue weighted by atomic mass is 10.1. The number of hydrogen-bond donors (Lipinski definition) is 2. The first-order chi connectivity index (χ1) is 10.2. The molecule has 4 nitrogen and oxygen atoms in total. The highest BCUT2D eigenvalue weighted by Crippen LogP contribution is 2.20. The molecule has 0 atom stereocenters. The number of benzene rings is 1. The molecular weight excluding hydrogens is 260 g/mol. The largest absolute Gasteiger partial charge is 0.370 e. The average Bonchev–Trinajstić information content (AvgIpc) is 2.48. The maximum Gasteiger partial charge on any atom is 0.163 e. The van der Waals surface area contributed by atoms with E-state index in [1.54, 1.807) is 0 Å². The molecule has 2 rings (SSSR count). The first kappa shape index (κ1) is 15.3. The third-order valence-electron chi connectivity index (χ3n) is 3.14. The van der Waals surface area contributed by atoms with E-state index in [-0.39, 0.29) is 0 Å². The van der Waals surface area contributed by atoms with Gasteiger partial charge in [-0.1, -0.05) is 44.2 Å². The van der Waals surface area contributed by atoms with Gasteiger partial charge in [0.2, 0.25) is 0 Å². The topological polar surface area (TPSA) is 49.8 Å². The molecule has 0 radical (unpaired) electrons. The second-order valence-corrected chi connectivity index (χ2v) is 5.47. The van der Waals surface area contributed by atoms with Crippen LogP contribution >= 0.6 is 0 Å². The predicted octanol–water partition coefficient (Wildman–Crippen LogP) is 4.03. The quantitative estimate of drug-likeness (QED) is 0.806. The van der Waals surface area contributed by atoms with E-state index in [1.165, 1.54) is 0 Å². The Bertz CT molecular complexity index is 552. The van der Waals surface area contributed by atoms with Crippen molar-refractivity contribution in [2.24, 2.45) is 5.92 Å². The van der Waals surface area contributed by atoms with E-state index in [9.17, 15) is 0 Å². The number of hydrogen-bond acceptors (Lipinski definition) is 4. The van der Waals surface area contributed by atoms with Crippen molar-refractivity contribution in [3.8, 4) is 11.4 Å². The van der Waals surface area contributed by atoms with Crippen molar-refractivity contribution in [3.05, 3.63) is 36.4 Å². The third-order valence-corrected chi connectivity index (χ3v) is 3.14. The second kappa shape index (κ2) is 7.62. The van der Waals surface area contributed by atoms with Crippen molar-refractivity contribution in [1.29, 1.82) is 0 Å². The summed E-state index contributed by atoms with van der Waals surface area (Å²) in [6.45, 7) is 8.28. The van der Waals surface area contributed by atoms with Crippen LogP contribution in [0.15, 0.2) is 36.4 Å². The molecule has 0 saturated carbocycles. The van der Waals surface area contributed by atoms with Crippen LogP contribution in [0, 0.1) is 5.92 Å². The summed E-state index contributed by atoms with van der Waals surface area (Å²) in [5.41, 5.74) is 1.03. The molecule has 0 saturated heterocycles. The molecule has 2 aromatic rings. The summed E-state index contributed by atoms with van der Waals surface area (Å²) < 4.78 is 0. The van der Waals surface area contributed by atoms with Gasteiger partial charge in [0.1, 0.15) is 11.6 Å². The number of rotatable bonds is 7. The zero-order valence-corrected chi connectivity index (χ0v) is 13.1. The minimum atomic E-state index is 0.682. The predicted molar refractivity (Wildman–Crippen MR) is 89.6 cm³/mol. The number of anilines is 2. The minimum absolute atomic E-state index is 0.682. The third kappa shape index (κ3) is 4.74. The van der Waals surface area contributed by atoms with Crippen LogP contribution in [0.4, 0.5) is 11.6 Å². The number of aromatic nitrogens is 2. The van der Waals surface area contributed by atoms with Gasteiger partial charge in [0, 0.05) is 24.7 Å². The van der Waals surface area contributed by atoms with Crippen molar-refractivity contribution in [3.63, 3.8) is 0 Å². The summed E-state index contributed by atoms with van der Waals surface area (Å²) in [7, 11) is 0. The molecule has 0 bridgehead atoms. The van der Waals surface area contributed by atoms with Gasteiger partial charge in [-0.05, 0) is 19.3 Å². The Morgan fingerprint density at radius 1 is 1.00 bits per heavy atom. The molecule has 4 heteroatoms. The van der Waals surface area contributed by atoms with E-state index in [0.29, 0.717) is 5.92 Å². The van der Waals surface area contributed by atoms with Crippen LogP contribution in [0.2, 0.25) is 0 Å². The highest BCUT2D eigenvalue weighted by molar-refractivity contribution is 5.61. The van der Waals surface area contributed by atoms with Crippen molar-refractivity contribution in [1.82, 2.24) is 9.97 Å². The smallest absolute Gasteiger partial charge is 0.163 e. The van der Waals surface area contributed by atoms with Crippen LogP contribution < -0.4 is 10.6 Å². The fourth-order valence-electron chi connectivity index (χ4n) is 2.01. The van der Waals surface area contributed by atoms with E-state index < -0.39 is 0 Å². The van der Waals surface area contributed by atoms with Gasteiger partial charge in [0.25, 0.3) is 0 Å². The van der Waals surface area contributed by atoms with E-state index in [4.69, 9.17) is 0 Å². The average molecular weight is 284 g/mol. The van der Waals surface area contributed by atoms with Gasteiger partial charge in [-0.3, -0.25) is 0 Å². The normalized spacial score (nSPS) is 10.7. The molecule has 0 aliphatic heterocycles. The van der Waals surface area contributed by atoms with Crippen LogP contribution in [0.3, 0.4) is 0 Å². The van der Waals surface area contributed by atoms with Gasteiger partial charge >= 0.3 is 0 Å². The highest BCUT2D eigenvalue weighted by atomic mass is 15.1. The van der Waals surface area contributed by atoms with E-state index in [2.05, 4.69) is 41.4 Å². The summed E-state index contributed by atoms with van der Waals surface area (Å²) >= 11 is 0. The molecule has 21 heavy (non-hydrogen) atoms. The Hall–Kier alpha value is -2.10. The van der Waals surface area contributed by atoms with Gasteiger partial charge in [-0.15, -0.1) is 0 Å². The monoisotopic (exact) mass is 284 g/mol. The van der Waals surface area contributed by atoms with Gasteiger partial charge < -0.3 is 10.6 Å². The Labute approximate surface area is 127 Å². The van der Waals surface area contributed by atoms with Crippen LogP contribution in [-0.4, -0.2) is 23.1 Å². The maximum absolute atomic E-state index is 4.62. The minimum Gasteiger partial charge on any atom is -0.370 e. The lowest BCUT2D eigenvalue weighted by Gasteiger charge is -2.11. The van der Waals surface area contributed by atoms with Crippen molar-refractivity contribution < 1.29 is 0 Å². The molecule has 0 aliphatic carbocycles. The number of nitrogens with one attached hydrogen (secondary N) is 2. The fourth-order valence-corrected chi connectivity index (χ4v) is 2.01. The van der Waals surface area contributed by atoms with Gasteiger partial charge in [-0.25, -0.2) is 9.97 Å². The summed E-state index contributed by atoms with van der Waals surface area (Å²) in [6, 6.07) is 12.0. The maximum atomic E-state index is 4.62. The highest BCUT2D eigenvalue weighted by Gasteiger charge is 2.06. The second-order valence-electron chi connectivity index (χ2n) is 5.47. The van der Waals surface area contributed by atoms with Gasteiger partial charge in [-0.2, -0.15) is 0 Å². The number of nitrogens with zero attached hydrogens (tertiary/aromatic N) is 2. The molecule has 1 aromatic heterocycles. The molecule has 1 heterocycles. The molecular formula is C17H24N4. The van der Waals surface area contributed by atoms with Crippen LogP contribution in [0.25, 0.3) is 11.4 Å². The molecule has 0 aliphatic rings. The Morgan fingerprint density at radius 3 is 2.29 bits per heavy atom. The molecule has 0 amide bonds. The first-order valence-electron chi connectivity index (χ1n) is 7.61. The zero-order valence-electron chi connectivity index (χ0n) is 13.1. The van der Waals surface area contributed by atoms with Gasteiger partial charge in [0.15, 0.2) is 5.82 Å². The molecule has 0 fully saturated rings. The Balaban J connectivity index is 2.22. The van der Waals surface area contributed by atoms with Gasteiger partial charge in [0.05, 0.1) is 0 Å². The van der Waals surface area contributed by atoms with Crippen molar-refractivity contribution in [2.45, 2.75) is 27.2 Å². The van der Waals surface area contributed by atoms with Crippen molar-refractivity contribution in [2.75, 3.05) is 23.7 Å². The SMILES string of the molecule is CCNc1cc(NCCC(C)C)nc(-c2ccccc2)n1. The summed E-state index contributed by atoms with van der Waals surface area (Å²) in [4.78, 5) is 9.19. The summed E-state index contributed by atoms with van der Waals surface area (Å²) in [5, 5.41) is 6.66. The Morgan fingerprint density at radius 2 is 1.67 bits per heavy atom. The molecule has 1 aromatic carbocycles. The van der Waals surface area contributed by atoms with Crippen LogP contribution in [-0.2, 0) is 0 Å². The molecule has 0 unspecified atom stereocenters. The van der Waals surface area contributed by atoms with Crippen LogP contribution in [0.1, 0.15) is 27.2 Å². The molecule has 2 N–H and O–H groups in total. The fraction of sp³-hybridized carbons (Fsp3) is 0.412. The summed E-state index contributed by atoms with van der Waals surface area (Å²) in [6.07, 6.45) is 1.13. The Kier molecular flexibility index (Phi) is 5.55. The standard InChI is InChI=1S/C17H24N4/c1-4-18-15-12-16(19-11-10-13(2)3)21-17(20-15)14-8-6-5-7-9-14/h5-9,12-13H,4,10-11H2,1-3H3,(H2,18,19,20,21). The van der Waals surface area contributed by atoms with E-state index in [1.807, 2.05) is 36.4 Å². The van der Waals surface area contributed by atoms with Crippen molar-refractivity contribution >= 4 is 11.6 Å².